The van der Waals surface area contributed by atoms with E-state index in [9.17, 15) is 18.4 Å². The van der Waals surface area contributed by atoms with Crippen molar-refractivity contribution in [2.45, 2.75) is 70.6 Å². The molecule has 3 aliphatic rings. The van der Waals surface area contributed by atoms with Crippen LogP contribution in [0.25, 0.3) is 0 Å². The second-order valence-corrected chi connectivity index (χ2v) is 15.0. The number of fused-ring (bicyclic) bond motifs is 3. The molecule has 0 amide bonds. The fourth-order valence-corrected chi connectivity index (χ4v) is 7.89. The first-order valence-electron chi connectivity index (χ1n) is 17.1. The molecular weight excluding hydrogens is 735 g/mol. The molecule has 2 aromatic carbocycles. The molecule has 2 aromatic heterocycles. The maximum absolute atomic E-state index is 13.7. The number of rotatable bonds is 15. The van der Waals surface area contributed by atoms with E-state index in [0.29, 0.717) is 28.5 Å². The van der Waals surface area contributed by atoms with Gasteiger partial charge in [0.15, 0.2) is 11.5 Å². The molecule has 7 rings (SSSR count). The standard InChI is InChI=1S/C38H39Cl2F2N3O6S/c1-22(2)48-32-16-25(8-10-30(32)51-38(41)42)31(17-27-28(39)19-43-20-29(27)40)49-36(46)34-11-9-26(52-34)18-44-35(24-6-4-3-5-7-24)37(47)50-33-21-45-14-12-23(33)13-15-45/h3-11,16,19-20,22-23,31,33,35,38,44H,12-15,17-18,21H2,1-2H3/t31-,33-,35?/m0/s1. The Morgan fingerprint density at radius 3 is 2.35 bits per heavy atom. The summed E-state index contributed by atoms with van der Waals surface area (Å²) in [5.41, 5.74) is 1.72. The molecule has 3 fully saturated rings. The number of piperidine rings is 3. The Morgan fingerprint density at radius 2 is 1.69 bits per heavy atom. The fourth-order valence-electron chi connectivity index (χ4n) is 6.53. The van der Waals surface area contributed by atoms with Gasteiger partial charge in [0, 0.05) is 36.8 Å². The first-order valence-corrected chi connectivity index (χ1v) is 18.7. The second-order valence-electron chi connectivity index (χ2n) is 13.0. The van der Waals surface area contributed by atoms with Gasteiger partial charge in [0.05, 0.1) is 16.1 Å². The number of carbonyl (C=O) groups is 2. The number of alkyl halides is 2. The lowest BCUT2D eigenvalue weighted by molar-refractivity contribution is -0.161. The summed E-state index contributed by atoms with van der Waals surface area (Å²) in [6.45, 7) is 3.58. The Hall–Kier alpha value is -3.81. The minimum absolute atomic E-state index is 0.0579. The number of ether oxygens (including phenoxy) is 4. The summed E-state index contributed by atoms with van der Waals surface area (Å²) in [5, 5.41) is 3.89. The van der Waals surface area contributed by atoms with Crippen LogP contribution in [0.15, 0.2) is 73.1 Å². The van der Waals surface area contributed by atoms with E-state index in [1.165, 1.54) is 41.9 Å². The Bertz CT molecular complexity index is 1820. The average molecular weight is 775 g/mol. The summed E-state index contributed by atoms with van der Waals surface area (Å²) in [7, 11) is 0. The van der Waals surface area contributed by atoms with Crippen LogP contribution in [-0.2, 0) is 27.2 Å². The quantitative estimate of drug-likeness (QED) is 0.119. The molecular formula is C38H39Cl2F2N3O6S. The predicted molar refractivity (Wildman–Crippen MR) is 194 cm³/mol. The molecule has 9 nitrogen and oxygen atoms in total. The lowest BCUT2D eigenvalue weighted by Gasteiger charge is -2.44. The number of halogens is 4. The van der Waals surface area contributed by atoms with Gasteiger partial charge in [-0.2, -0.15) is 8.78 Å². The van der Waals surface area contributed by atoms with E-state index in [0.717, 1.165) is 42.9 Å². The van der Waals surface area contributed by atoms with Crippen molar-refractivity contribution in [1.29, 1.82) is 0 Å². The highest BCUT2D eigenvalue weighted by Gasteiger charge is 2.38. The van der Waals surface area contributed by atoms with Crippen LogP contribution in [0.5, 0.6) is 11.5 Å². The van der Waals surface area contributed by atoms with E-state index in [4.69, 9.17) is 37.4 Å². The van der Waals surface area contributed by atoms with Crippen LogP contribution in [0.2, 0.25) is 10.0 Å². The smallest absolute Gasteiger partial charge is 0.387 e. The number of nitrogens with one attached hydrogen (secondary N) is 1. The summed E-state index contributed by atoms with van der Waals surface area (Å²) in [5.74, 6) is -0.671. The number of nitrogens with zero attached hydrogens (tertiary/aromatic N) is 2. The topological polar surface area (TPSA) is 99.2 Å². The molecule has 276 valence electrons. The zero-order valence-corrected chi connectivity index (χ0v) is 30.9. The summed E-state index contributed by atoms with van der Waals surface area (Å²) in [6.07, 6.45) is 3.55. The molecule has 2 bridgehead atoms. The summed E-state index contributed by atoms with van der Waals surface area (Å²) in [6, 6.07) is 16.5. The Morgan fingerprint density at radius 1 is 0.962 bits per heavy atom. The van der Waals surface area contributed by atoms with Gasteiger partial charge in [0.25, 0.3) is 0 Å². The zero-order valence-electron chi connectivity index (χ0n) is 28.6. The van der Waals surface area contributed by atoms with Crippen molar-refractivity contribution in [3.8, 4) is 11.5 Å². The van der Waals surface area contributed by atoms with E-state index in [1.807, 2.05) is 30.3 Å². The predicted octanol–water partition coefficient (Wildman–Crippen LogP) is 8.45. The number of aromatic nitrogens is 1. The van der Waals surface area contributed by atoms with Gasteiger partial charge in [0.2, 0.25) is 0 Å². The van der Waals surface area contributed by atoms with Gasteiger partial charge in [-0.1, -0.05) is 59.6 Å². The monoisotopic (exact) mass is 773 g/mol. The zero-order chi connectivity index (χ0) is 36.8. The highest BCUT2D eigenvalue weighted by molar-refractivity contribution is 7.13. The van der Waals surface area contributed by atoms with Crippen molar-refractivity contribution in [1.82, 2.24) is 15.2 Å². The first kappa shape index (κ1) is 37.9. The Labute approximate surface area is 315 Å². The van der Waals surface area contributed by atoms with Gasteiger partial charge >= 0.3 is 18.6 Å². The lowest BCUT2D eigenvalue weighted by atomic mass is 9.86. The molecule has 1 unspecified atom stereocenters. The summed E-state index contributed by atoms with van der Waals surface area (Å²) in [4.78, 5) is 34.7. The van der Waals surface area contributed by atoms with Crippen LogP contribution in [-0.4, -0.2) is 60.3 Å². The van der Waals surface area contributed by atoms with Gasteiger partial charge in [0.1, 0.15) is 23.1 Å². The van der Waals surface area contributed by atoms with Crippen LogP contribution in [0.3, 0.4) is 0 Å². The number of thiophene rings is 1. The van der Waals surface area contributed by atoms with Crippen molar-refractivity contribution < 1.29 is 37.3 Å². The minimum Gasteiger partial charge on any atom is -0.487 e. The molecule has 1 N–H and O–H groups in total. The number of hydrogen-bond donors (Lipinski definition) is 1. The number of hydrogen-bond acceptors (Lipinski definition) is 10. The number of pyridine rings is 1. The van der Waals surface area contributed by atoms with Gasteiger partial charge in [-0.25, -0.2) is 9.59 Å². The van der Waals surface area contributed by atoms with Crippen LogP contribution < -0.4 is 14.8 Å². The van der Waals surface area contributed by atoms with E-state index < -0.39 is 24.7 Å². The van der Waals surface area contributed by atoms with Crippen molar-refractivity contribution >= 4 is 46.5 Å². The van der Waals surface area contributed by atoms with E-state index in [-0.39, 0.29) is 46.1 Å². The third-order valence-electron chi connectivity index (χ3n) is 9.08. The molecule has 4 aromatic rings. The van der Waals surface area contributed by atoms with Crippen molar-refractivity contribution in [2.24, 2.45) is 5.92 Å². The maximum atomic E-state index is 13.7. The minimum atomic E-state index is -3.07. The molecule has 0 radical (unpaired) electrons. The molecule has 0 spiro atoms. The van der Waals surface area contributed by atoms with Gasteiger partial charge in [-0.05, 0) is 86.7 Å². The maximum Gasteiger partial charge on any atom is 0.387 e. The van der Waals surface area contributed by atoms with Gasteiger partial charge in [-0.3, -0.25) is 15.2 Å². The van der Waals surface area contributed by atoms with Crippen molar-refractivity contribution in [3.63, 3.8) is 0 Å². The van der Waals surface area contributed by atoms with Crippen LogP contribution in [0, 0.1) is 5.92 Å². The first-order chi connectivity index (χ1) is 25.0. The SMILES string of the molecule is CC(C)Oc1cc([C@H](Cc2c(Cl)cncc2Cl)OC(=O)c2ccc(CNC(C(=O)O[C@H]3CN4CCC3CC4)c3ccccc3)s2)ccc1OC(F)F. The average Bonchev–Trinajstić information content (AvgIpc) is 3.60. The largest absolute Gasteiger partial charge is 0.487 e. The molecule has 52 heavy (non-hydrogen) atoms. The Balaban J connectivity index is 1.19. The molecule has 14 heteroatoms. The van der Waals surface area contributed by atoms with Gasteiger partial charge < -0.3 is 18.9 Å². The third-order valence-corrected chi connectivity index (χ3v) is 10.8. The third kappa shape index (κ3) is 9.59. The normalized spacial score (nSPS) is 19.3. The highest BCUT2D eigenvalue weighted by Crippen LogP contribution is 2.37. The van der Waals surface area contributed by atoms with E-state index in [2.05, 4.69) is 19.9 Å². The molecule has 0 saturated carbocycles. The second kappa shape index (κ2) is 17.3. The number of esters is 2. The molecule has 3 saturated heterocycles. The fraction of sp³-hybridized carbons (Fsp3) is 0.395. The van der Waals surface area contributed by atoms with Gasteiger partial charge in [-0.15, -0.1) is 11.3 Å². The molecule has 3 aliphatic heterocycles. The lowest BCUT2D eigenvalue weighted by Crippen LogP contribution is -2.52. The van der Waals surface area contributed by atoms with Crippen LogP contribution in [0.1, 0.15) is 70.1 Å². The van der Waals surface area contributed by atoms with Crippen LogP contribution >= 0.6 is 34.5 Å². The van der Waals surface area contributed by atoms with Crippen molar-refractivity contribution in [3.05, 3.63) is 110 Å². The van der Waals surface area contributed by atoms with Crippen molar-refractivity contribution in [2.75, 3.05) is 19.6 Å². The van der Waals surface area contributed by atoms with E-state index in [1.54, 1.807) is 26.0 Å². The number of benzene rings is 2. The van der Waals surface area contributed by atoms with E-state index >= 15 is 0 Å². The molecule has 3 atom stereocenters. The van der Waals surface area contributed by atoms with Crippen LogP contribution in [0.4, 0.5) is 8.78 Å². The summed E-state index contributed by atoms with van der Waals surface area (Å²) < 4.78 is 49.0. The summed E-state index contributed by atoms with van der Waals surface area (Å²) >= 11 is 14.1. The number of carbonyl (C=O) groups excluding carboxylic acids is 2. The molecule has 5 heterocycles. The Kier molecular flexibility index (Phi) is 12.7. The highest BCUT2D eigenvalue weighted by atomic mass is 35.5. The molecule has 0 aliphatic carbocycles.